The summed E-state index contributed by atoms with van der Waals surface area (Å²) in [6, 6.07) is 16.8. The number of rotatable bonds is 5. The maximum atomic E-state index is 12.7. The van der Waals surface area contributed by atoms with Gasteiger partial charge in [0.2, 0.25) is 0 Å². The number of nitrogens with one attached hydrogen (secondary N) is 1. The van der Waals surface area contributed by atoms with E-state index >= 15 is 0 Å². The van der Waals surface area contributed by atoms with Crippen molar-refractivity contribution in [3.05, 3.63) is 84.2 Å². The normalized spacial score (nSPS) is 28.4. The largest absolute Gasteiger partial charge is 0.459 e. The van der Waals surface area contributed by atoms with E-state index < -0.39 is 36.8 Å². The summed E-state index contributed by atoms with van der Waals surface area (Å²) >= 11 is 0. The fourth-order valence-electron chi connectivity index (χ4n) is 4.35. The van der Waals surface area contributed by atoms with Gasteiger partial charge in [0.15, 0.2) is 12.5 Å². The highest BCUT2D eigenvalue weighted by Crippen LogP contribution is 2.36. The third-order valence-corrected chi connectivity index (χ3v) is 6.16. The van der Waals surface area contributed by atoms with Crippen molar-refractivity contribution in [2.75, 3.05) is 6.61 Å². The molecule has 2 fully saturated rings. The van der Waals surface area contributed by atoms with Crippen molar-refractivity contribution in [1.29, 1.82) is 0 Å². The van der Waals surface area contributed by atoms with Gasteiger partial charge in [-0.05, 0) is 42.7 Å². The quantitative estimate of drug-likeness (QED) is 0.680. The molecule has 5 rings (SSSR count). The number of benzene rings is 2. The second kappa shape index (κ2) is 9.06. The number of fused-ring (bicyclic) bond motifs is 1. The molecule has 3 heterocycles. The topological polar surface area (TPSA) is 86.3 Å². The van der Waals surface area contributed by atoms with Gasteiger partial charge in [0.1, 0.15) is 24.9 Å². The molecule has 2 aromatic rings. The first-order chi connectivity index (χ1) is 16.4. The van der Waals surface area contributed by atoms with Crippen LogP contribution in [0.1, 0.15) is 24.2 Å². The molecule has 0 bridgehead atoms. The molecule has 1 N–H and O–H groups in total. The molecular formula is C26H26N2O6. The lowest BCUT2D eigenvalue weighted by Gasteiger charge is -2.32. The molecule has 176 valence electrons. The molecule has 0 spiro atoms. The number of hydrogen-bond acceptors (Lipinski definition) is 6. The Kier molecular flexibility index (Phi) is 5.95. The predicted octanol–water partition coefficient (Wildman–Crippen LogP) is 3.81. The van der Waals surface area contributed by atoms with Crippen molar-refractivity contribution in [3.63, 3.8) is 0 Å². The Morgan fingerprint density at radius 3 is 2.44 bits per heavy atom. The molecule has 3 aliphatic heterocycles. The summed E-state index contributed by atoms with van der Waals surface area (Å²) in [5.74, 6) is -0.460. The van der Waals surface area contributed by atoms with Crippen LogP contribution in [0.5, 0.6) is 0 Å². The van der Waals surface area contributed by atoms with E-state index in [1.165, 1.54) is 4.90 Å². The summed E-state index contributed by atoms with van der Waals surface area (Å²) in [5, 5.41) is 2.71. The molecule has 2 saturated heterocycles. The number of ether oxygens (including phenoxy) is 4. The van der Waals surface area contributed by atoms with E-state index in [-0.39, 0.29) is 12.6 Å². The zero-order valence-corrected chi connectivity index (χ0v) is 19.0. The first-order valence-corrected chi connectivity index (χ1v) is 11.2. The van der Waals surface area contributed by atoms with Crippen LogP contribution >= 0.6 is 0 Å². The number of nitrogens with zero attached hydrogens (tertiary/aromatic N) is 1. The Morgan fingerprint density at radius 2 is 1.71 bits per heavy atom. The van der Waals surface area contributed by atoms with Crippen LogP contribution in [-0.2, 0) is 18.9 Å². The van der Waals surface area contributed by atoms with Gasteiger partial charge in [-0.3, -0.25) is 4.90 Å². The minimum atomic E-state index is -0.716. The van der Waals surface area contributed by atoms with E-state index in [4.69, 9.17) is 18.9 Å². The third-order valence-electron chi connectivity index (χ3n) is 6.16. The Balaban J connectivity index is 1.26. The van der Waals surface area contributed by atoms with Gasteiger partial charge in [-0.15, -0.1) is 0 Å². The van der Waals surface area contributed by atoms with Crippen LogP contribution in [0.25, 0.3) is 11.1 Å². The van der Waals surface area contributed by atoms with Crippen molar-refractivity contribution in [2.24, 2.45) is 0 Å². The first-order valence-electron chi connectivity index (χ1n) is 11.2. The number of esters is 1. The molecule has 34 heavy (non-hydrogen) atoms. The maximum Gasteiger partial charge on any atom is 0.338 e. The minimum Gasteiger partial charge on any atom is -0.459 e. The van der Waals surface area contributed by atoms with E-state index in [1.54, 1.807) is 25.3 Å². The fraction of sp³-hybridized carbons (Fsp3) is 0.308. The molecule has 2 aromatic carbocycles. The molecule has 1 unspecified atom stereocenters. The highest BCUT2D eigenvalue weighted by atomic mass is 16.8. The third kappa shape index (κ3) is 4.23. The zero-order valence-electron chi connectivity index (χ0n) is 19.0. The summed E-state index contributed by atoms with van der Waals surface area (Å²) in [6.07, 6.45) is -1.06. The SMILES string of the molecule is C=C1NC(=O)N([C@@H]2O[C@H](COC(=O)c3ccc(-c4ccccc4)cc3)[C@H]3OC(C)O[C@H]32)C=C1C. The summed E-state index contributed by atoms with van der Waals surface area (Å²) in [5.41, 5.74) is 3.87. The van der Waals surface area contributed by atoms with E-state index in [1.807, 2.05) is 49.4 Å². The summed E-state index contributed by atoms with van der Waals surface area (Å²) in [7, 11) is 0. The van der Waals surface area contributed by atoms with E-state index in [0.717, 1.165) is 16.7 Å². The molecule has 3 aliphatic rings. The van der Waals surface area contributed by atoms with Crippen molar-refractivity contribution >= 4 is 12.0 Å². The highest BCUT2D eigenvalue weighted by molar-refractivity contribution is 5.90. The molecule has 0 aliphatic carbocycles. The number of urea groups is 1. The van der Waals surface area contributed by atoms with Crippen LogP contribution in [0.3, 0.4) is 0 Å². The van der Waals surface area contributed by atoms with Gasteiger partial charge in [0, 0.05) is 11.9 Å². The molecule has 5 atom stereocenters. The summed E-state index contributed by atoms with van der Waals surface area (Å²) < 4.78 is 23.4. The van der Waals surface area contributed by atoms with Gasteiger partial charge >= 0.3 is 12.0 Å². The van der Waals surface area contributed by atoms with Crippen LogP contribution in [0.4, 0.5) is 4.79 Å². The standard InChI is InChI=1S/C26H26N2O6/c1-15-13-28(26(30)27-16(15)2)24-23-22(32-17(3)33-23)21(34-24)14-31-25(29)20-11-9-19(10-12-20)18-7-5-4-6-8-18/h4-13,17,21-24H,2,14H2,1,3H3,(H,27,30)/t17?,21-,22-,23-,24-/m1/s1. The highest BCUT2D eigenvalue weighted by Gasteiger charge is 2.55. The molecule has 0 saturated carbocycles. The van der Waals surface area contributed by atoms with Gasteiger partial charge in [-0.2, -0.15) is 0 Å². The van der Waals surface area contributed by atoms with Crippen molar-refractivity contribution in [3.8, 4) is 11.1 Å². The molecule has 0 aromatic heterocycles. The van der Waals surface area contributed by atoms with Crippen molar-refractivity contribution < 1.29 is 28.5 Å². The molecule has 8 heteroatoms. The van der Waals surface area contributed by atoms with E-state index in [9.17, 15) is 9.59 Å². The van der Waals surface area contributed by atoms with Crippen LogP contribution in [0.15, 0.2) is 78.6 Å². The maximum absolute atomic E-state index is 12.7. The fourth-order valence-corrected chi connectivity index (χ4v) is 4.35. The van der Waals surface area contributed by atoms with Crippen molar-refractivity contribution in [2.45, 2.75) is 44.7 Å². The number of amides is 2. The molecule has 2 amide bonds. The summed E-state index contributed by atoms with van der Waals surface area (Å²) in [4.78, 5) is 26.7. The Labute approximate surface area is 197 Å². The Morgan fingerprint density at radius 1 is 1.03 bits per heavy atom. The van der Waals surface area contributed by atoms with Crippen LogP contribution in [-0.4, -0.2) is 54.3 Å². The molecule has 8 nitrogen and oxygen atoms in total. The van der Waals surface area contributed by atoms with Crippen LogP contribution < -0.4 is 5.32 Å². The Bertz CT molecular complexity index is 1130. The lowest BCUT2D eigenvalue weighted by atomic mass is 10.0. The van der Waals surface area contributed by atoms with Gasteiger partial charge in [0.25, 0.3) is 0 Å². The van der Waals surface area contributed by atoms with Crippen LogP contribution in [0.2, 0.25) is 0 Å². The number of carbonyl (C=O) groups is 2. The van der Waals surface area contributed by atoms with Crippen LogP contribution in [0, 0.1) is 0 Å². The van der Waals surface area contributed by atoms with Gasteiger partial charge in [-0.1, -0.05) is 49.0 Å². The number of allylic oxidation sites excluding steroid dienone is 1. The van der Waals surface area contributed by atoms with Crippen molar-refractivity contribution in [1.82, 2.24) is 10.2 Å². The minimum absolute atomic E-state index is 0.0299. The first kappa shape index (κ1) is 22.3. The number of carbonyl (C=O) groups excluding carboxylic acids is 2. The molecular weight excluding hydrogens is 436 g/mol. The Hall–Kier alpha value is -3.46. The predicted molar refractivity (Wildman–Crippen MR) is 123 cm³/mol. The van der Waals surface area contributed by atoms with Gasteiger partial charge < -0.3 is 24.3 Å². The molecule has 0 radical (unpaired) electrons. The zero-order chi connectivity index (χ0) is 23.8. The lowest BCUT2D eigenvalue weighted by molar-refractivity contribution is -0.148. The average molecular weight is 463 g/mol. The van der Waals surface area contributed by atoms with Gasteiger partial charge in [0.05, 0.1) is 5.56 Å². The summed E-state index contributed by atoms with van der Waals surface area (Å²) in [6.45, 7) is 7.42. The average Bonchev–Trinajstić information content (AvgIpc) is 3.38. The second-order valence-electron chi connectivity index (χ2n) is 8.50. The second-order valence-corrected chi connectivity index (χ2v) is 8.50. The monoisotopic (exact) mass is 462 g/mol. The smallest absolute Gasteiger partial charge is 0.338 e. The lowest BCUT2D eigenvalue weighted by Crippen LogP contribution is -2.50. The van der Waals surface area contributed by atoms with Gasteiger partial charge in [-0.25, -0.2) is 9.59 Å². The number of hydrogen-bond donors (Lipinski definition) is 1. The van der Waals surface area contributed by atoms with E-state index in [2.05, 4.69) is 11.9 Å². The van der Waals surface area contributed by atoms with E-state index in [0.29, 0.717) is 11.3 Å².